The second-order valence-corrected chi connectivity index (χ2v) is 7.77. The first-order valence-electron chi connectivity index (χ1n) is 5.15. The van der Waals surface area contributed by atoms with Crippen LogP contribution in [-0.2, 0) is 14.6 Å². The molecule has 1 amide bonds. The maximum atomic E-state index is 11.9. The lowest BCUT2D eigenvalue weighted by atomic mass is 10.2. The summed E-state index contributed by atoms with van der Waals surface area (Å²) in [4.78, 5) is 13.9. The van der Waals surface area contributed by atoms with Gasteiger partial charge in [-0.15, -0.1) is 0 Å². The van der Waals surface area contributed by atoms with E-state index in [0.717, 1.165) is 6.42 Å². The van der Waals surface area contributed by atoms with Gasteiger partial charge in [-0.1, -0.05) is 15.9 Å². The van der Waals surface area contributed by atoms with Crippen molar-refractivity contribution in [3.8, 4) is 0 Å². The van der Waals surface area contributed by atoms with Gasteiger partial charge in [-0.25, -0.2) is 8.42 Å². The van der Waals surface area contributed by atoms with E-state index in [1.54, 1.807) is 4.90 Å². The Morgan fingerprint density at radius 3 is 2.53 bits per heavy atom. The lowest BCUT2D eigenvalue weighted by molar-refractivity contribution is -0.129. The van der Waals surface area contributed by atoms with E-state index in [-0.39, 0.29) is 11.7 Å². The number of carbonyl (C=O) groups is 1. The summed E-state index contributed by atoms with van der Waals surface area (Å²) in [6.45, 7) is 1.33. The summed E-state index contributed by atoms with van der Waals surface area (Å²) in [6, 6.07) is 0. The fourth-order valence-corrected chi connectivity index (χ4v) is 4.58. The molecule has 0 aromatic heterocycles. The molecule has 0 aliphatic carbocycles. The third kappa shape index (κ3) is 2.20. The number of likely N-dealkylation sites (tertiary alicyclic amines) is 1. The van der Waals surface area contributed by atoms with Gasteiger partial charge in [0.1, 0.15) is 5.25 Å². The van der Waals surface area contributed by atoms with Gasteiger partial charge < -0.3 is 4.90 Å². The first-order chi connectivity index (χ1) is 7.00. The molecule has 4 nitrogen and oxygen atoms in total. The Morgan fingerprint density at radius 2 is 2.07 bits per heavy atom. The van der Waals surface area contributed by atoms with Gasteiger partial charge in [0.05, 0.1) is 5.75 Å². The van der Waals surface area contributed by atoms with Gasteiger partial charge in [0.25, 0.3) is 0 Å². The first-order valence-corrected chi connectivity index (χ1v) is 7.78. The molecular weight excluding hydrogens is 282 g/mol. The van der Waals surface area contributed by atoms with Crippen LogP contribution in [0.2, 0.25) is 0 Å². The van der Waals surface area contributed by atoms with Crippen LogP contribution in [0.3, 0.4) is 0 Å². The molecule has 2 unspecified atom stereocenters. The molecule has 0 N–H and O–H groups in total. The molecule has 2 aliphatic rings. The van der Waals surface area contributed by atoms with Gasteiger partial charge in [0.15, 0.2) is 9.84 Å². The monoisotopic (exact) mass is 295 g/mol. The molecule has 0 spiro atoms. The fraction of sp³-hybridized carbons (Fsp3) is 0.889. The van der Waals surface area contributed by atoms with Crippen molar-refractivity contribution < 1.29 is 13.2 Å². The highest BCUT2D eigenvalue weighted by molar-refractivity contribution is 9.09. The maximum Gasteiger partial charge on any atom is 0.240 e. The third-order valence-corrected chi connectivity index (χ3v) is 5.96. The second-order valence-electron chi connectivity index (χ2n) is 4.17. The molecular formula is C9H14BrNO3S. The van der Waals surface area contributed by atoms with Gasteiger partial charge in [0, 0.05) is 17.9 Å². The van der Waals surface area contributed by atoms with Crippen LogP contribution in [0.5, 0.6) is 0 Å². The number of hydrogen-bond donors (Lipinski definition) is 0. The van der Waals surface area contributed by atoms with E-state index in [2.05, 4.69) is 15.9 Å². The highest BCUT2D eigenvalue weighted by Gasteiger charge is 2.40. The first kappa shape index (κ1) is 11.4. The number of sulfone groups is 1. The quantitative estimate of drug-likeness (QED) is 0.664. The Labute approximate surface area is 98.1 Å². The van der Waals surface area contributed by atoms with Crippen LogP contribution in [0.4, 0.5) is 0 Å². The maximum absolute atomic E-state index is 11.9. The standard InChI is InChI=1S/C9H14BrNO3S/c10-7-3-4-11(6-7)9(12)8-2-1-5-15(8,13)14/h7-8H,1-6H2. The smallest absolute Gasteiger partial charge is 0.240 e. The minimum Gasteiger partial charge on any atom is -0.340 e. The normalized spacial score (nSPS) is 34.6. The Kier molecular flexibility index (Phi) is 3.07. The zero-order valence-corrected chi connectivity index (χ0v) is 10.8. The van der Waals surface area contributed by atoms with Gasteiger partial charge in [-0.05, 0) is 19.3 Å². The zero-order valence-electron chi connectivity index (χ0n) is 8.36. The second kappa shape index (κ2) is 4.05. The lowest BCUT2D eigenvalue weighted by Crippen LogP contribution is -2.40. The number of rotatable bonds is 1. The van der Waals surface area contributed by atoms with E-state index in [4.69, 9.17) is 0 Å². The van der Waals surface area contributed by atoms with Crippen LogP contribution >= 0.6 is 15.9 Å². The molecule has 86 valence electrons. The fourth-order valence-electron chi connectivity index (χ4n) is 2.19. The number of carbonyl (C=O) groups excluding carboxylic acids is 1. The number of halogens is 1. The Morgan fingerprint density at radius 1 is 1.33 bits per heavy atom. The molecule has 2 heterocycles. The number of alkyl halides is 1. The summed E-state index contributed by atoms with van der Waals surface area (Å²) >= 11 is 3.44. The Bertz CT molecular complexity index is 368. The topological polar surface area (TPSA) is 54.5 Å². The molecule has 0 aromatic rings. The highest BCUT2D eigenvalue weighted by Crippen LogP contribution is 2.25. The largest absolute Gasteiger partial charge is 0.340 e. The van der Waals surface area contributed by atoms with Gasteiger partial charge in [0.2, 0.25) is 5.91 Å². The van der Waals surface area contributed by atoms with Crippen LogP contribution in [-0.4, -0.2) is 48.1 Å². The van der Waals surface area contributed by atoms with Crippen LogP contribution in [0.15, 0.2) is 0 Å². The molecule has 2 atom stereocenters. The summed E-state index contributed by atoms with van der Waals surface area (Å²) in [5, 5.41) is -0.754. The molecule has 2 aliphatic heterocycles. The van der Waals surface area contributed by atoms with Crippen molar-refractivity contribution in [1.82, 2.24) is 4.90 Å². The Balaban J connectivity index is 2.08. The molecule has 0 radical (unpaired) electrons. The number of hydrogen-bond acceptors (Lipinski definition) is 3. The van der Waals surface area contributed by atoms with Crippen molar-refractivity contribution in [2.24, 2.45) is 0 Å². The van der Waals surface area contributed by atoms with Crippen molar-refractivity contribution >= 4 is 31.7 Å². The predicted octanol–water partition coefficient (Wildman–Crippen LogP) is 0.559. The molecule has 0 bridgehead atoms. The van der Waals surface area contributed by atoms with Gasteiger partial charge >= 0.3 is 0 Å². The number of amides is 1. The summed E-state index contributed by atoms with van der Waals surface area (Å²) in [6.07, 6.45) is 2.05. The Hall–Kier alpha value is -0.100. The summed E-state index contributed by atoms with van der Waals surface area (Å²) < 4.78 is 23.2. The predicted molar refractivity (Wildman–Crippen MR) is 60.7 cm³/mol. The van der Waals surface area contributed by atoms with E-state index < -0.39 is 15.1 Å². The zero-order chi connectivity index (χ0) is 11.1. The van der Waals surface area contributed by atoms with Crippen molar-refractivity contribution in [1.29, 1.82) is 0 Å². The molecule has 0 saturated carbocycles. The van der Waals surface area contributed by atoms with E-state index in [9.17, 15) is 13.2 Å². The van der Waals surface area contributed by atoms with E-state index in [1.807, 2.05) is 0 Å². The lowest BCUT2D eigenvalue weighted by Gasteiger charge is -2.19. The van der Waals surface area contributed by atoms with Crippen molar-refractivity contribution in [2.75, 3.05) is 18.8 Å². The molecule has 2 rings (SSSR count). The highest BCUT2D eigenvalue weighted by atomic mass is 79.9. The number of nitrogens with zero attached hydrogens (tertiary/aromatic N) is 1. The molecule has 2 saturated heterocycles. The molecule has 15 heavy (non-hydrogen) atoms. The van der Waals surface area contributed by atoms with E-state index in [0.29, 0.717) is 30.8 Å². The SMILES string of the molecule is O=C(C1CCCS1(=O)=O)N1CCC(Br)C1. The van der Waals surface area contributed by atoms with E-state index >= 15 is 0 Å². The van der Waals surface area contributed by atoms with Crippen molar-refractivity contribution in [2.45, 2.75) is 29.3 Å². The average molecular weight is 296 g/mol. The van der Waals surface area contributed by atoms with Crippen LogP contribution in [0, 0.1) is 0 Å². The average Bonchev–Trinajstić information content (AvgIpc) is 2.70. The molecule has 6 heteroatoms. The van der Waals surface area contributed by atoms with Gasteiger partial charge in [-0.3, -0.25) is 4.79 Å². The van der Waals surface area contributed by atoms with Crippen molar-refractivity contribution in [3.05, 3.63) is 0 Å². The van der Waals surface area contributed by atoms with Gasteiger partial charge in [-0.2, -0.15) is 0 Å². The molecule has 0 aromatic carbocycles. The van der Waals surface area contributed by atoms with Crippen LogP contribution in [0.25, 0.3) is 0 Å². The third-order valence-electron chi connectivity index (χ3n) is 3.05. The van der Waals surface area contributed by atoms with E-state index in [1.165, 1.54) is 0 Å². The minimum atomic E-state index is -3.15. The van der Waals surface area contributed by atoms with Crippen molar-refractivity contribution in [3.63, 3.8) is 0 Å². The summed E-state index contributed by atoms with van der Waals surface area (Å²) in [7, 11) is -3.15. The molecule has 2 fully saturated rings. The van der Waals surface area contributed by atoms with Crippen LogP contribution < -0.4 is 0 Å². The minimum absolute atomic E-state index is 0.176. The summed E-state index contributed by atoms with van der Waals surface area (Å²) in [5.74, 6) is -0.0101. The van der Waals surface area contributed by atoms with Crippen LogP contribution in [0.1, 0.15) is 19.3 Å². The summed E-state index contributed by atoms with van der Waals surface area (Å²) in [5.41, 5.74) is 0.